The fraction of sp³-hybridized carbons (Fsp3) is 0.571. The number of unbranched alkanes of at least 4 members (excludes halogenated alkanes) is 1. The van der Waals surface area contributed by atoms with Gasteiger partial charge in [0.05, 0.1) is 6.54 Å². The number of allylic oxidation sites excluding steroid dienone is 1. The monoisotopic (exact) mass is 462 g/mol. The van der Waals surface area contributed by atoms with E-state index in [0.29, 0.717) is 17.5 Å². The van der Waals surface area contributed by atoms with Crippen molar-refractivity contribution >= 4 is 41.3 Å². The van der Waals surface area contributed by atoms with Gasteiger partial charge in [-0.2, -0.15) is 13.2 Å². The molecule has 0 bridgehead atoms. The van der Waals surface area contributed by atoms with Gasteiger partial charge < -0.3 is 10.2 Å². The molecule has 1 rings (SSSR count). The summed E-state index contributed by atoms with van der Waals surface area (Å²) < 4.78 is 37.5. The smallest absolute Gasteiger partial charge is 0.357 e. The molecule has 0 saturated heterocycles. The third-order valence-corrected chi connectivity index (χ3v) is 3.64. The molecule has 0 atom stereocenters. The van der Waals surface area contributed by atoms with E-state index in [1.165, 1.54) is 0 Å². The zero-order chi connectivity index (χ0) is 16.6. The van der Waals surface area contributed by atoms with Crippen molar-refractivity contribution in [3.8, 4) is 0 Å². The maximum absolute atomic E-state index is 12.5. The molecule has 1 aromatic heterocycles. The molecule has 4 nitrogen and oxygen atoms in total. The van der Waals surface area contributed by atoms with Crippen LogP contribution in [0.1, 0.15) is 30.5 Å². The lowest BCUT2D eigenvalue weighted by Gasteiger charge is -2.21. The molecule has 1 heterocycles. The van der Waals surface area contributed by atoms with Crippen molar-refractivity contribution in [2.45, 2.75) is 32.5 Å². The molecule has 1 aromatic rings. The summed E-state index contributed by atoms with van der Waals surface area (Å²) >= 11 is 0.972. The van der Waals surface area contributed by atoms with Crippen molar-refractivity contribution in [1.82, 2.24) is 15.2 Å². The molecule has 0 amide bonds. The number of hydrogen-bond acceptors (Lipinski definition) is 3. The molecule has 0 saturated carbocycles. The zero-order valence-corrected chi connectivity index (χ0v) is 16.3. The summed E-state index contributed by atoms with van der Waals surface area (Å²) in [6, 6.07) is 0. The number of halogens is 4. The summed E-state index contributed by atoms with van der Waals surface area (Å²) in [6.45, 7) is 7.24. The van der Waals surface area contributed by atoms with E-state index in [1.54, 1.807) is 0 Å². The molecule has 0 unspecified atom stereocenters. The van der Waals surface area contributed by atoms with Crippen LogP contribution in [0.2, 0.25) is 0 Å². The Bertz CT molecular complexity index is 502. The standard InChI is InChI=1S/C14H21F3N4S.HI/c1-4-6-7-8-21(3)13(18-5-2)19-9-12-20-11(10-22-12)14(15,16)17;/h4,10H,1,5-9H2,2-3H3,(H,18,19);1H. The minimum absolute atomic E-state index is 0. The summed E-state index contributed by atoms with van der Waals surface area (Å²) in [4.78, 5) is 9.87. The van der Waals surface area contributed by atoms with E-state index >= 15 is 0 Å². The quantitative estimate of drug-likeness (QED) is 0.218. The average Bonchev–Trinajstić information content (AvgIpc) is 2.92. The Morgan fingerprint density at radius 1 is 1.52 bits per heavy atom. The maximum Gasteiger partial charge on any atom is 0.434 e. The second kappa shape index (κ2) is 10.8. The van der Waals surface area contributed by atoms with E-state index in [2.05, 4.69) is 21.9 Å². The first kappa shape index (κ1) is 22.2. The zero-order valence-electron chi connectivity index (χ0n) is 13.2. The number of nitrogens with zero attached hydrogens (tertiary/aromatic N) is 3. The first-order valence-electron chi connectivity index (χ1n) is 7.00. The van der Waals surface area contributed by atoms with Crippen LogP contribution >= 0.6 is 35.3 Å². The maximum atomic E-state index is 12.5. The summed E-state index contributed by atoms with van der Waals surface area (Å²) in [5.41, 5.74) is -0.855. The van der Waals surface area contributed by atoms with Crippen molar-refractivity contribution in [2.24, 2.45) is 4.99 Å². The first-order valence-corrected chi connectivity index (χ1v) is 7.88. The largest absolute Gasteiger partial charge is 0.434 e. The number of rotatable bonds is 7. The third-order valence-electron chi connectivity index (χ3n) is 2.80. The highest BCUT2D eigenvalue weighted by atomic mass is 127. The Kier molecular flexibility index (Phi) is 10.4. The van der Waals surface area contributed by atoms with Crippen LogP contribution in [0.5, 0.6) is 0 Å². The first-order chi connectivity index (χ1) is 10.4. The van der Waals surface area contributed by atoms with Gasteiger partial charge in [0.15, 0.2) is 11.7 Å². The van der Waals surface area contributed by atoms with Gasteiger partial charge in [0.25, 0.3) is 0 Å². The molecule has 0 fully saturated rings. The molecule has 132 valence electrons. The second-order valence-electron chi connectivity index (χ2n) is 4.65. The van der Waals surface area contributed by atoms with Crippen LogP contribution in [0.3, 0.4) is 0 Å². The molecule has 23 heavy (non-hydrogen) atoms. The topological polar surface area (TPSA) is 40.5 Å². The van der Waals surface area contributed by atoms with Gasteiger partial charge in [-0.1, -0.05) is 6.08 Å². The predicted molar refractivity (Wildman–Crippen MR) is 99.4 cm³/mol. The van der Waals surface area contributed by atoms with Crippen molar-refractivity contribution in [3.05, 3.63) is 28.7 Å². The molecule has 0 radical (unpaired) electrons. The van der Waals surface area contributed by atoms with E-state index in [1.807, 2.05) is 24.9 Å². The highest BCUT2D eigenvalue weighted by molar-refractivity contribution is 14.0. The Labute approximate surface area is 155 Å². The van der Waals surface area contributed by atoms with Crippen LogP contribution in [0.4, 0.5) is 13.2 Å². The minimum atomic E-state index is -4.40. The Hall–Kier alpha value is -0.840. The van der Waals surface area contributed by atoms with Gasteiger partial charge >= 0.3 is 6.18 Å². The van der Waals surface area contributed by atoms with Crippen molar-refractivity contribution < 1.29 is 13.2 Å². The van der Waals surface area contributed by atoms with Crippen LogP contribution in [0.25, 0.3) is 0 Å². The number of aliphatic imine (C=N–C) groups is 1. The Morgan fingerprint density at radius 2 is 2.22 bits per heavy atom. The molecule has 9 heteroatoms. The highest BCUT2D eigenvalue weighted by Gasteiger charge is 2.33. The fourth-order valence-corrected chi connectivity index (χ4v) is 2.43. The molecule has 0 spiro atoms. The van der Waals surface area contributed by atoms with Crippen LogP contribution < -0.4 is 5.32 Å². The van der Waals surface area contributed by atoms with E-state index < -0.39 is 11.9 Å². The van der Waals surface area contributed by atoms with Crippen molar-refractivity contribution in [1.29, 1.82) is 0 Å². The average molecular weight is 462 g/mol. The number of alkyl halides is 3. The SMILES string of the molecule is C=CCCCN(C)C(=NCc1nc(C(F)(F)F)cs1)NCC.I. The van der Waals surface area contributed by atoms with E-state index in [-0.39, 0.29) is 30.5 Å². The molecule has 0 aromatic carbocycles. The Morgan fingerprint density at radius 3 is 2.74 bits per heavy atom. The summed E-state index contributed by atoms with van der Waals surface area (Å²) in [7, 11) is 1.90. The lowest BCUT2D eigenvalue weighted by Crippen LogP contribution is -2.39. The number of thiazole rings is 1. The molecule has 0 aliphatic rings. The van der Waals surface area contributed by atoms with Crippen LogP contribution in [-0.2, 0) is 12.7 Å². The summed E-state index contributed by atoms with van der Waals surface area (Å²) in [5, 5.41) is 4.49. The van der Waals surface area contributed by atoms with Gasteiger partial charge in [-0.25, -0.2) is 9.98 Å². The predicted octanol–water partition coefficient (Wildman–Crippen LogP) is 4.14. The summed E-state index contributed by atoms with van der Waals surface area (Å²) in [6.07, 6.45) is -0.693. The number of hydrogen-bond donors (Lipinski definition) is 1. The van der Waals surface area contributed by atoms with Gasteiger partial charge in [0, 0.05) is 25.5 Å². The second-order valence-corrected chi connectivity index (χ2v) is 5.59. The minimum Gasteiger partial charge on any atom is -0.357 e. The van der Waals surface area contributed by atoms with E-state index in [4.69, 9.17) is 0 Å². The number of nitrogens with one attached hydrogen (secondary N) is 1. The van der Waals surface area contributed by atoms with Crippen molar-refractivity contribution in [3.63, 3.8) is 0 Å². The van der Waals surface area contributed by atoms with Gasteiger partial charge in [0.2, 0.25) is 0 Å². The van der Waals surface area contributed by atoms with Gasteiger partial charge in [-0.05, 0) is 19.8 Å². The molecule has 1 N–H and O–H groups in total. The molecule has 0 aliphatic heterocycles. The number of aromatic nitrogens is 1. The summed E-state index contributed by atoms with van der Waals surface area (Å²) in [5.74, 6) is 0.662. The van der Waals surface area contributed by atoms with E-state index in [9.17, 15) is 13.2 Å². The van der Waals surface area contributed by atoms with Gasteiger partial charge in [-0.15, -0.1) is 41.9 Å². The van der Waals surface area contributed by atoms with Crippen LogP contribution in [0, 0.1) is 0 Å². The van der Waals surface area contributed by atoms with Gasteiger partial charge in [-0.3, -0.25) is 0 Å². The number of guanidine groups is 1. The molecular formula is C14H22F3IN4S. The lowest BCUT2D eigenvalue weighted by molar-refractivity contribution is -0.140. The van der Waals surface area contributed by atoms with Crippen LogP contribution in [0.15, 0.2) is 23.0 Å². The third kappa shape index (κ3) is 8.00. The van der Waals surface area contributed by atoms with Crippen molar-refractivity contribution in [2.75, 3.05) is 20.1 Å². The van der Waals surface area contributed by atoms with E-state index in [0.717, 1.165) is 36.1 Å². The normalized spacial score (nSPS) is 11.8. The molecule has 0 aliphatic carbocycles. The van der Waals surface area contributed by atoms with Crippen LogP contribution in [-0.4, -0.2) is 36.0 Å². The highest BCUT2D eigenvalue weighted by Crippen LogP contribution is 2.30. The fourth-order valence-electron chi connectivity index (χ4n) is 1.70. The lowest BCUT2D eigenvalue weighted by atomic mass is 10.3. The Balaban J connectivity index is 0.00000484. The molecular weight excluding hydrogens is 440 g/mol. The van der Waals surface area contributed by atoms with Gasteiger partial charge in [0.1, 0.15) is 5.01 Å².